The average Bonchev–Trinajstić information content (AvgIpc) is 2.41. The van der Waals surface area contributed by atoms with Crippen molar-refractivity contribution >= 4 is 6.29 Å². The number of aldehydes is 1. The predicted molar refractivity (Wildman–Crippen MR) is 55.1 cm³/mol. The molecular weight excluding hydrogens is 200 g/mol. The van der Waals surface area contributed by atoms with E-state index in [-0.39, 0.29) is 12.5 Å². The second-order valence-electron chi connectivity index (χ2n) is 4.12. The number of carbonyl (C=O) groups excluding carboxylic acids is 1. The molecule has 0 aromatic heterocycles. The normalized spacial score (nSPS) is 24.1. The highest BCUT2D eigenvalue weighted by molar-refractivity contribution is 5.50. The van der Waals surface area contributed by atoms with E-state index < -0.39 is 6.43 Å². The molecule has 0 aromatic rings. The third-order valence-electron chi connectivity index (χ3n) is 3.00. The molecule has 15 heavy (non-hydrogen) atoms. The SMILES string of the molecule is O=CCC1CCCCCN1CCC(F)F. The molecule has 1 aliphatic rings. The van der Waals surface area contributed by atoms with E-state index >= 15 is 0 Å². The summed E-state index contributed by atoms with van der Waals surface area (Å²) in [5.41, 5.74) is 0. The van der Waals surface area contributed by atoms with Crippen LogP contribution in [0.1, 0.15) is 38.5 Å². The van der Waals surface area contributed by atoms with Crippen LogP contribution in [0, 0.1) is 0 Å². The standard InChI is InChI=1S/C11H19F2NO/c12-11(13)5-8-14-7-3-1-2-4-10(14)6-9-15/h9-11H,1-8H2. The molecule has 1 fully saturated rings. The van der Waals surface area contributed by atoms with Crippen LogP contribution in [-0.4, -0.2) is 36.7 Å². The lowest BCUT2D eigenvalue weighted by atomic mass is 10.1. The van der Waals surface area contributed by atoms with Crippen LogP contribution >= 0.6 is 0 Å². The summed E-state index contributed by atoms with van der Waals surface area (Å²) in [5.74, 6) is 0. The molecule has 0 N–H and O–H groups in total. The lowest BCUT2D eigenvalue weighted by Gasteiger charge is -2.28. The third kappa shape index (κ3) is 4.69. The summed E-state index contributed by atoms with van der Waals surface area (Å²) in [5, 5.41) is 0. The van der Waals surface area contributed by atoms with E-state index in [9.17, 15) is 13.6 Å². The van der Waals surface area contributed by atoms with Gasteiger partial charge >= 0.3 is 0 Å². The van der Waals surface area contributed by atoms with Gasteiger partial charge in [0.2, 0.25) is 6.43 Å². The van der Waals surface area contributed by atoms with Gasteiger partial charge in [-0.2, -0.15) is 0 Å². The topological polar surface area (TPSA) is 20.3 Å². The zero-order valence-corrected chi connectivity index (χ0v) is 9.00. The molecule has 1 saturated heterocycles. The first kappa shape index (κ1) is 12.6. The molecule has 0 bridgehead atoms. The molecule has 0 amide bonds. The van der Waals surface area contributed by atoms with E-state index in [2.05, 4.69) is 4.90 Å². The number of halogens is 2. The van der Waals surface area contributed by atoms with E-state index in [0.717, 1.165) is 38.5 Å². The summed E-state index contributed by atoms with van der Waals surface area (Å²) in [4.78, 5) is 12.6. The summed E-state index contributed by atoms with van der Waals surface area (Å²) in [6, 6.07) is 0.198. The van der Waals surface area contributed by atoms with Gasteiger partial charge in [0.15, 0.2) is 0 Å². The minimum Gasteiger partial charge on any atom is -0.303 e. The fraction of sp³-hybridized carbons (Fsp3) is 0.909. The van der Waals surface area contributed by atoms with Crippen LogP contribution in [0.15, 0.2) is 0 Å². The zero-order chi connectivity index (χ0) is 11.1. The second-order valence-corrected chi connectivity index (χ2v) is 4.12. The van der Waals surface area contributed by atoms with Crippen LogP contribution in [0.3, 0.4) is 0 Å². The van der Waals surface area contributed by atoms with E-state index in [0.29, 0.717) is 13.0 Å². The Morgan fingerprint density at radius 3 is 2.80 bits per heavy atom. The zero-order valence-electron chi connectivity index (χ0n) is 9.00. The molecule has 0 radical (unpaired) electrons. The van der Waals surface area contributed by atoms with Gasteiger partial charge in [0.05, 0.1) is 0 Å². The lowest BCUT2D eigenvalue weighted by molar-refractivity contribution is -0.109. The van der Waals surface area contributed by atoms with Gasteiger partial charge in [-0.25, -0.2) is 8.78 Å². The summed E-state index contributed by atoms with van der Waals surface area (Å²) in [6.45, 7) is 1.29. The number of nitrogens with zero attached hydrogens (tertiary/aromatic N) is 1. The molecule has 1 unspecified atom stereocenters. The molecule has 88 valence electrons. The average molecular weight is 219 g/mol. The van der Waals surface area contributed by atoms with Crippen molar-refractivity contribution in [3.63, 3.8) is 0 Å². The summed E-state index contributed by atoms with van der Waals surface area (Å²) >= 11 is 0. The van der Waals surface area contributed by atoms with Crippen molar-refractivity contribution in [3.05, 3.63) is 0 Å². The Bertz CT molecular complexity index is 187. The van der Waals surface area contributed by atoms with Gasteiger partial charge in [0.1, 0.15) is 6.29 Å². The third-order valence-corrected chi connectivity index (χ3v) is 3.00. The molecule has 0 aromatic carbocycles. The van der Waals surface area contributed by atoms with Crippen molar-refractivity contribution in [2.45, 2.75) is 51.0 Å². The highest BCUT2D eigenvalue weighted by Crippen LogP contribution is 2.19. The Morgan fingerprint density at radius 2 is 2.13 bits per heavy atom. The smallest absolute Gasteiger partial charge is 0.239 e. The first-order chi connectivity index (χ1) is 7.24. The molecular formula is C11H19F2NO. The van der Waals surface area contributed by atoms with E-state index in [1.54, 1.807) is 0 Å². The van der Waals surface area contributed by atoms with Gasteiger partial charge in [-0.15, -0.1) is 0 Å². The Kier molecular flexibility index (Phi) is 5.76. The summed E-state index contributed by atoms with van der Waals surface area (Å²) in [7, 11) is 0. The molecule has 0 aliphatic carbocycles. The van der Waals surface area contributed by atoms with Gasteiger partial charge in [0.25, 0.3) is 0 Å². The van der Waals surface area contributed by atoms with Crippen molar-refractivity contribution in [1.29, 1.82) is 0 Å². The first-order valence-corrected chi connectivity index (χ1v) is 5.70. The highest BCUT2D eigenvalue weighted by Gasteiger charge is 2.21. The van der Waals surface area contributed by atoms with Gasteiger partial charge in [-0.05, 0) is 19.4 Å². The maximum atomic E-state index is 12.1. The lowest BCUT2D eigenvalue weighted by Crippen LogP contribution is -2.36. The maximum Gasteiger partial charge on any atom is 0.239 e. The second kappa shape index (κ2) is 6.88. The molecule has 1 aliphatic heterocycles. The number of hydrogen-bond acceptors (Lipinski definition) is 2. The van der Waals surface area contributed by atoms with Crippen molar-refractivity contribution in [3.8, 4) is 0 Å². The van der Waals surface area contributed by atoms with Crippen molar-refractivity contribution < 1.29 is 13.6 Å². The Labute approximate surface area is 89.6 Å². The number of likely N-dealkylation sites (tertiary alicyclic amines) is 1. The van der Waals surface area contributed by atoms with Crippen LogP contribution in [-0.2, 0) is 4.79 Å². The van der Waals surface area contributed by atoms with Crippen molar-refractivity contribution in [2.75, 3.05) is 13.1 Å². The molecule has 0 saturated carbocycles. The summed E-state index contributed by atoms with van der Waals surface area (Å²) in [6.07, 6.45) is 3.40. The van der Waals surface area contributed by atoms with Gasteiger partial charge in [-0.1, -0.05) is 12.8 Å². The van der Waals surface area contributed by atoms with Crippen molar-refractivity contribution in [1.82, 2.24) is 4.90 Å². The molecule has 1 heterocycles. The number of alkyl halides is 2. The Morgan fingerprint density at radius 1 is 1.33 bits per heavy atom. The van der Waals surface area contributed by atoms with Crippen LogP contribution in [0.25, 0.3) is 0 Å². The van der Waals surface area contributed by atoms with Gasteiger partial charge < -0.3 is 4.79 Å². The van der Waals surface area contributed by atoms with E-state index in [1.165, 1.54) is 0 Å². The molecule has 1 rings (SSSR count). The van der Waals surface area contributed by atoms with Gasteiger partial charge in [0, 0.05) is 25.4 Å². The summed E-state index contributed by atoms with van der Waals surface area (Å²) < 4.78 is 24.2. The molecule has 2 nitrogen and oxygen atoms in total. The molecule has 4 heteroatoms. The van der Waals surface area contributed by atoms with E-state index in [4.69, 9.17) is 0 Å². The number of rotatable bonds is 5. The first-order valence-electron chi connectivity index (χ1n) is 5.70. The van der Waals surface area contributed by atoms with Crippen LogP contribution in [0.5, 0.6) is 0 Å². The highest BCUT2D eigenvalue weighted by atomic mass is 19.3. The fourth-order valence-electron chi connectivity index (χ4n) is 2.17. The largest absolute Gasteiger partial charge is 0.303 e. The molecule has 1 atom stereocenters. The van der Waals surface area contributed by atoms with Crippen LogP contribution in [0.4, 0.5) is 8.78 Å². The number of carbonyl (C=O) groups is 1. The molecule has 0 spiro atoms. The monoisotopic (exact) mass is 219 g/mol. The van der Waals surface area contributed by atoms with Gasteiger partial charge in [-0.3, -0.25) is 4.90 Å². The Balaban J connectivity index is 2.42. The van der Waals surface area contributed by atoms with Crippen LogP contribution < -0.4 is 0 Å². The minimum atomic E-state index is -2.23. The van der Waals surface area contributed by atoms with E-state index in [1.807, 2.05) is 0 Å². The van der Waals surface area contributed by atoms with Crippen molar-refractivity contribution in [2.24, 2.45) is 0 Å². The Hall–Kier alpha value is -0.510. The maximum absolute atomic E-state index is 12.1. The fourth-order valence-corrected chi connectivity index (χ4v) is 2.17. The quantitative estimate of drug-likeness (QED) is 0.662. The van der Waals surface area contributed by atoms with Crippen LogP contribution in [0.2, 0.25) is 0 Å². The minimum absolute atomic E-state index is 0.0741. The number of hydrogen-bond donors (Lipinski definition) is 0. The predicted octanol–water partition coefficient (Wildman–Crippen LogP) is 2.48.